The second kappa shape index (κ2) is 11.2. The van der Waals surface area contributed by atoms with Crippen molar-refractivity contribution in [3.05, 3.63) is 63.4 Å². The Morgan fingerprint density at radius 1 is 1.33 bits per heavy atom. The molecule has 1 aromatic heterocycles. The van der Waals surface area contributed by atoms with Crippen molar-refractivity contribution in [3.8, 4) is 18.1 Å². The number of para-hydroxylation sites is 1. The summed E-state index contributed by atoms with van der Waals surface area (Å²) in [7, 11) is -4.19. The average Bonchev–Trinajstić information content (AvgIpc) is 3.15. The van der Waals surface area contributed by atoms with E-state index in [9.17, 15) is 24.1 Å². The summed E-state index contributed by atoms with van der Waals surface area (Å²) in [6, 6.07) is 8.19. The van der Waals surface area contributed by atoms with Gasteiger partial charge in [-0.2, -0.15) is 5.09 Å². The fourth-order valence-corrected chi connectivity index (χ4v) is 4.96. The molecule has 1 fully saturated rings. The lowest BCUT2D eigenvalue weighted by molar-refractivity contribution is -0.149. The lowest BCUT2D eigenvalue weighted by Gasteiger charge is -2.24. The van der Waals surface area contributed by atoms with Gasteiger partial charge in [-0.05, 0) is 32.9 Å². The molecule has 2 heterocycles. The lowest BCUT2D eigenvalue weighted by Crippen LogP contribution is -2.41. The molecule has 0 bridgehead atoms. The van der Waals surface area contributed by atoms with Gasteiger partial charge in [0.25, 0.3) is 5.56 Å². The Labute approximate surface area is 207 Å². The predicted molar refractivity (Wildman–Crippen MR) is 128 cm³/mol. The van der Waals surface area contributed by atoms with Crippen LogP contribution < -0.4 is 20.9 Å². The molecule has 3 rings (SSSR count). The number of benzene rings is 1. The molecule has 2 aromatic rings. The maximum atomic E-state index is 13.6. The molecule has 13 heteroatoms. The number of aromatic amines is 1. The van der Waals surface area contributed by atoms with Crippen LogP contribution in [0.25, 0.3) is 0 Å². The number of hydrogen-bond acceptors (Lipinski definition) is 9. The predicted octanol–water partition coefficient (Wildman–Crippen LogP) is 1.32. The van der Waals surface area contributed by atoms with Crippen LogP contribution in [-0.4, -0.2) is 51.1 Å². The Balaban J connectivity index is 1.78. The van der Waals surface area contributed by atoms with Gasteiger partial charge < -0.3 is 19.1 Å². The highest BCUT2D eigenvalue weighted by Gasteiger charge is 2.49. The highest BCUT2D eigenvalue weighted by molar-refractivity contribution is 7.52. The molecule has 5 atom stereocenters. The normalized spacial score (nSPS) is 24.0. The third-order valence-electron chi connectivity index (χ3n) is 5.08. The molecule has 1 aliphatic heterocycles. The zero-order valence-corrected chi connectivity index (χ0v) is 20.8. The lowest BCUT2D eigenvalue weighted by atomic mass is 9.99. The maximum absolute atomic E-state index is 13.6. The van der Waals surface area contributed by atoms with Crippen molar-refractivity contribution < 1.29 is 33.0 Å². The smallest absolute Gasteiger partial charge is 0.459 e. The third kappa shape index (κ3) is 6.72. The van der Waals surface area contributed by atoms with Crippen LogP contribution in [0.3, 0.4) is 0 Å². The fraction of sp³-hybridized carbons (Fsp3) is 0.435. The summed E-state index contributed by atoms with van der Waals surface area (Å²) in [5.74, 6) is 1.76. The van der Waals surface area contributed by atoms with E-state index < -0.39 is 55.0 Å². The molecule has 0 radical (unpaired) electrons. The molecule has 3 N–H and O–H groups in total. The largest absolute Gasteiger partial charge is 0.462 e. The van der Waals surface area contributed by atoms with Crippen LogP contribution in [0.5, 0.6) is 5.75 Å². The van der Waals surface area contributed by atoms with Gasteiger partial charge in [0, 0.05) is 18.7 Å². The van der Waals surface area contributed by atoms with Crippen molar-refractivity contribution >= 4 is 13.7 Å². The minimum absolute atomic E-state index is 0.185. The van der Waals surface area contributed by atoms with Crippen molar-refractivity contribution in [1.29, 1.82) is 0 Å². The first-order valence-corrected chi connectivity index (χ1v) is 12.6. The second-order valence-electron chi connectivity index (χ2n) is 8.43. The molecule has 12 nitrogen and oxygen atoms in total. The molecule has 36 heavy (non-hydrogen) atoms. The average molecular weight is 521 g/mol. The summed E-state index contributed by atoms with van der Waals surface area (Å²) >= 11 is 0. The van der Waals surface area contributed by atoms with Crippen LogP contribution >= 0.6 is 7.75 Å². The summed E-state index contributed by atoms with van der Waals surface area (Å²) < 4.78 is 36.6. The molecule has 1 unspecified atom stereocenters. The van der Waals surface area contributed by atoms with E-state index >= 15 is 0 Å². The summed E-state index contributed by atoms with van der Waals surface area (Å²) in [6.45, 7) is 4.41. The van der Waals surface area contributed by atoms with Gasteiger partial charge in [0.05, 0.1) is 18.8 Å². The van der Waals surface area contributed by atoms with Gasteiger partial charge in [-0.1, -0.05) is 24.1 Å². The van der Waals surface area contributed by atoms with Crippen LogP contribution in [-0.2, 0) is 23.4 Å². The first-order valence-electron chi connectivity index (χ1n) is 11.1. The second-order valence-corrected chi connectivity index (χ2v) is 10.1. The molecular weight excluding hydrogens is 493 g/mol. The van der Waals surface area contributed by atoms with Gasteiger partial charge in [0.1, 0.15) is 11.8 Å². The van der Waals surface area contributed by atoms with E-state index in [2.05, 4.69) is 16.0 Å². The summed E-state index contributed by atoms with van der Waals surface area (Å²) in [4.78, 5) is 37.9. The summed E-state index contributed by atoms with van der Waals surface area (Å²) in [5.41, 5.74) is -3.39. The number of H-pyrrole nitrogens is 1. The van der Waals surface area contributed by atoms with Gasteiger partial charge in [-0.15, -0.1) is 6.42 Å². The summed E-state index contributed by atoms with van der Waals surface area (Å²) in [5, 5.41) is 13.4. The third-order valence-corrected chi connectivity index (χ3v) is 6.72. The van der Waals surface area contributed by atoms with Gasteiger partial charge in [-0.3, -0.25) is 23.7 Å². The number of aromatic nitrogens is 2. The van der Waals surface area contributed by atoms with Crippen LogP contribution in [0.2, 0.25) is 0 Å². The molecule has 194 valence electrons. The Morgan fingerprint density at radius 2 is 2.03 bits per heavy atom. The molecule has 0 amide bonds. The molecule has 1 saturated heterocycles. The van der Waals surface area contributed by atoms with E-state index in [0.717, 1.165) is 16.8 Å². The van der Waals surface area contributed by atoms with E-state index in [0.29, 0.717) is 0 Å². The van der Waals surface area contributed by atoms with Crippen LogP contribution in [0.1, 0.15) is 33.4 Å². The van der Waals surface area contributed by atoms with Crippen LogP contribution in [0.4, 0.5) is 0 Å². The SMILES string of the molecule is C#C[C@@]1(O)C[C@@H](COP(=O)(N[C@@H](C)C(=O)OC(C)C)Oc2ccccc2)O[C@H]1n1ccc(=O)[nH]c1=O. The Hall–Kier alpha value is -3.20. The van der Waals surface area contributed by atoms with Crippen molar-refractivity contribution in [2.24, 2.45) is 0 Å². The van der Waals surface area contributed by atoms with Gasteiger partial charge in [0.2, 0.25) is 0 Å². The first kappa shape index (κ1) is 27.4. The standard InChI is InChI=1S/C23H28N3O9P/c1-5-23(30)13-18(34-21(23)26-12-11-19(27)24-22(26)29)14-32-36(31,35-17-9-7-6-8-10-17)25-16(4)20(28)33-15(2)3/h1,6-12,15-16,18,21,30H,13-14H2,2-4H3,(H,25,31)(H,24,27,29)/t16-,18-,21+,23+,36?/m0/s1. The van der Waals surface area contributed by atoms with Crippen molar-refractivity contribution in [2.75, 3.05) is 6.61 Å². The molecular formula is C23H28N3O9P. The minimum atomic E-state index is -4.19. The summed E-state index contributed by atoms with van der Waals surface area (Å²) in [6.07, 6.45) is 3.81. The topological polar surface area (TPSA) is 158 Å². The first-order chi connectivity index (χ1) is 16.9. The van der Waals surface area contributed by atoms with Gasteiger partial charge in [-0.25, -0.2) is 9.36 Å². The number of rotatable bonds is 10. The monoisotopic (exact) mass is 521 g/mol. The zero-order valence-electron chi connectivity index (χ0n) is 20.0. The number of nitrogens with zero attached hydrogens (tertiary/aromatic N) is 1. The number of terminal acetylenes is 1. The van der Waals surface area contributed by atoms with E-state index in [-0.39, 0.29) is 18.8 Å². The molecule has 0 spiro atoms. The van der Waals surface area contributed by atoms with E-state index in [1.165, 1.54) is 6.92 Å². The molecule has 1 aromatic carbocycles. The number of aliphatic hydroxyl groups is 1. The van der Waals surface area contributed by atoms with E-state index in [1.807, 2.05) is 0 Å². The number of esters is 1. The highest BCUT2D eigenvalue weighted by Crippen LogP contribution is 2.46. The Morgan fingerprint density at radius 3 is 2.64 bits per heavy atom. The maximum Gasteiger partial charge on any atom is 0.459 e. The van der Waals surface area contributed by atoms with Crippen LogP contribution in [0, 0.1) is 12.3 Å². The Kier molecular flexibility index (Phi) is 8.55. The number of carbonyl (C=O) groups excluding carboxylic acids is 1. The molecule has 1 aliphatic rings. The number of ether oxygens (including phenoxy) is 2. The van der Waals surface area contributed by atoms with E-state index in [1.54, 1.807) is 44.2 Å². The zero-order chi connectivity index (χ0) is 26.5. The van der Waals surface area contributed by atoms with Gasteiger partial charge >= 0.3 is 19.4 Å². The minimum Gasteiger partial charge on any atom is -0.462 e. The Bertz CT molecular complexity index is 1270. The van der Waals surface area contributed by atoms with Crippen LogP contribution in [0.15, 0.2) is 52.2 Å². The highest BCUT2D eigenvalue weighted by atomic mass is 31.2. The quantitative estimate of drug-likeness (QED) is 0.237. The van der Waals surface area contributed by atoms with Crippen molar-refractivity contribution in [3.63, 3.8) is 0 Å². The number of nitrogens with one attached hydrogen (secondary N) is 2. The van der Waals surface area contributed by atoms with Crippen molar-refractivity contribution in [1.82, 2.24) is 14.6 Å². The molecule has 0 saturated carbocycles. The van der Waals surface area contributed by atoms with E-state index in [4.69, 9.17) is 24.9 Å². The number of hydrogen-bond donors (Lipinski definition) is 3. The van der Waals surface area contributed by atoms with Gasteiger partial charge in [0.15, 0.2) is 11.8 Å². The number of carbonyl (C=O) groups is 1. The fourth-order valence-electron chi connectivity index (χ4n) is 3.44. The molecule has 0 aliphatic carbocycles. The van der Waals surface area contributed by atoms with Crippen molar-refractivity contribution in [2.45, 2.75) is 57.3 Å².